The highest BCUT2D eigenvalue weighted by Gasteiger charge is 2.08. The molecule has 18 heavy (non-hydrogen) atoms. The summed E-state index contributed by atoms with van der Waals surface area (Å²) in [5.41, 5.74) is 0.583. The number of carbonyl (C=O) groups excluding carboxylic acids is 1. The Balaban J connectivity index is 2.96. The van der Waals surface area contributed by atoms with E-state index in [-0.39, 0.29) is 12.4 Å². The number of nitrogens with zero attached hydrogens (tertiary/aromatic N) is 1. The molecule has 0 spiro atoms. The zero-order valence-electron chi connectivity index (χ0n) is 10.1. The Morgan fingerprint density at radius 3 is 2.72 bits per heavy atom. The number of hydrogen-bond donors (Lipinski definition) is 0. The highest BCUT2D eigenvalue weighted by molar-refractivity contribution is 5.73. The van der Waals surface area contributed by atoms with Gasteiger partial charge in [-0.25, -0.2) is 0 Å². The van der Waals surface area contributed by atoms with Crippen molar-refractivity contribution in [2.24, 2.45) is 0 Å². The molecule has 0 bridgehead atoms. The van der Waals surface area contributed by atoms with Crippen LogP contribution in [0.25, 0.3) is 6.08 Å². The van der Waals surface area contributed by atoms with E-state index in [1.165, 1.54) is 19.3 Å². The second-order valence-corrected chi connectivity index (χ2v) is 3.34. The van der Waals surface area contributed by atoms with Gasteiger partial charge in [-0.15, -0.1) is 0 Å². The van der Waals surface area contributed by atoms with Gasteiger partial charge in [0.05, 0.1) is 12.0 Å². The normalized spacial score (nSPS) is 10.3. The van der Waals surface area contributed by atoms with Gasteiger partial charge in [0.25, 0.3) is 0 Å². The van der Waals surface area contributed by atoms with Gasteiger partial charge in [0, 0.05) is 12.5 Å². The van der Waals surface area contributed by atoms with Crippen molar-refractivity contribution in [1.29, 1.82) is 0 Å². The largest absolute Gasteiger partial charge is 0.493 e. The maximum Gasteiger partial charge on any atom is 0.311 e. The summed E-state index contributed by atoms with van der Waals surface area (Å²) in [7, 11) is 1.43. The van der Waals surface area contributed by atoms with Crippen molar-refractivity contribution < 1.29 is 19.2 Å². The summed E-state index contributed by atoms with van der Waals surface area (Å²) in [5.74, 6) is 0.270. The number of benzene rings is 1. The van der Waals surface area contributed by atoms with Crippen LogP contribution in [0, 0.1) is 10.1 Å². The van der Waals surface area contributed by atoms with E-state index < -0.39 is 4.92 Å². The molecule has 1 aromatic carbocycles. The van der Waals surface area contributed by atoms with Crippen LogP contribution in [0.1, 0.15) is 18.9 Å². The Labute approximate surface area is 104 Å². The summed E-state index contributed by atoms with van der Waals surface area (Å²) < 4.78 is 10.1. The van der Waals surface area contributed by atoms with E-state index in [1.54, 1.807) is 19.1 Å². The SMILES string of the molecule is CCC(=O)Oc1ccc(/C=C/[N+](=O)[O-])cc1OC. The molecule has 0 aliphatic carbocycles. The lowest BCUT2D eigenvalue weighted by Crippen LogP contribution is -2.06. The number of carbonyl (C=O) groups is 1. The van der Waals surface area contributed by atoms with Gasteiger partial charge in [-0.1, -0.05) is 13.0 Å². The topological polar surface area (TPSA) is 78.7 Å². The first-order chi connectivity index (χ1) is 8.56. The summed E-state index contributed by atoms with van der Waals surface area (Å²) in [6.45, 7) is 1.68. The van der Waals surface area contributed by atoms with Gasteiger partial charge in [-0.05, 0) is 17.7 Å². The Hall–Kier alpha value is -2.37. The number of esters is 1. The van der Waals surface area contributed by atoms with E-state index >= 15 is 0 Å². The number of rotatable bonds is 5. The van der Waals surface area contributed by atoms with Crippen molar-refractivity contribution in [2.75, 3.05) is 7.11 Å². The van der Waals surface area contributed by atoms with E-state index in [0.717, 1.165) is 6.20 Å². The fourth-order valence-electron chi connectivity index (χ4n) is 1.21. The molecule has 0 aromatic heterocycles. The van der Waals surface area contributed by atoms with Crippen molar-refractivity contribution in [3.8, 4) is 11.5 Å². The molecule has 0 aliphatic heterocycles. The van der Waals surface area contributed by atoms with Crippen LogP contribution in [0.4, 0.5) is 0 Å². The summed E-state index contributed by atoms with van der Waals surface area (Å²) in [6.07, 6.45) is 2.41. The lowest BCUT2D eigenvalue weighted by Gasteiger charge is -2.08. The first kappa shape index (κ1) is 13.7. The van der Waals surface area contributed by atoms with E-state index in [9.17, 15) is 14.9 Å². The summed E-state index contributed by atoms with van der Waals surface area (Å²) >= 11 is 0. The Bertz CT molecular complexity index is 481. The van der Waals surface area contributed by atoms with Crippen molar-refractivity contribution in [1.82, 2.24) is 0 Å². The second-order valence-electron chi connectivity index (χ2n) is 3.34. The highest BCUT2D eigenvalue weighted by atomic mass is 16.6. The zero-order valence-corrected chi connectivity index (χ0v) is 10.1. The maximum absolute atomic E-state index is 11.2. The van der Waals surface area contributed by atoms with Crippen LogP contribution in [0.5, 0.6) is 11.5 Å². The predicted molar refractivity (Wildman–Crippen MR) is 64.9 cm³/mol. The second kappa shape index (κ2) is 6.39. The highest BCUT2D eigenvalue weighted by Crippen LogP contribution is 2.28. The van der Waals surface area contributed by atoms with E-state index in [4.69, 9.17) is 9.47 Å². The minimum absolute atomic E-state index is 0.256. The van der Waals surface area contributed by atoms with Crippen molar-refractivity contribution in [3.63, 3.8) is 0 Å². The van der Waals surface area contributed by atoms with Gasteiger partial charge in [-0.3, -0.25) is 14.9 Å². The molecule has 0 radical (unpaired) electrons. The fraction of sp³-hybridized carbons (Fsp3) is 0.250. The van der Waals surface area contributed by atoms with Crippen LogP contribution in [-0.2, 0) is 4.79 Å². The third-order valence-electron chi connectivity index (χ3n) is 2.09. The van der Waals surface area contributed by atoms with Gasteiger partial charge in [0.15, 0.2) is 11.5 Å². The van der Waals surface area contributed by atoms with Gasteiger partial charge in [0.1, 0.15) is 0 Å². The zero-order chi connectivity index (χ0) is 13.5. The minimum Gasteiger partial charge on any atom is -0.493 e. The summed E-state index contributed by atoms with van der Waals surface area (Å²) in [6, 6.07) is 4.69. The molecule has 0 unspecified atom stereocenters. The van der Waals surface area contributed by atoms with Crippen LogP contribution < -0.4 is 9.47 Å². The fourth-order valence-corrected chi connectivity index (χ4v) is 1.21. The number of ether oxygens (including phenoxy) is 2. The molecule has 1 aromatic rings. The molecule has 0 amide bonds. The molecule has 0 aliphatic rings. The number of methoxy groups -OCH3 is 1. The molecule has 6 heteroatoms. The van der Waals surface area contributed by atoms with Crippen LogP contribution >= 0.6 is 0 Å². The number of nitro groups is 1. The molecule has 0 heterocycles. The smallest absolute Gasteiger partial charge is 0.311 e. The third-order valence-corrected chi connectivity index (χ3v) is 2.09. The monoisotopic (exact) mass is 251 g/mol. The van der Waals surface area contributed by atoms with Gasteiger partial charge >= 0.3 is 5.97 Å². The number of hydrogen-bond acceptors (Lipinski definition) is 5. The van der Waals surface area contributed by atoms with Gasteiger partial charge < -0.3 is 9.47 Å². The molecule has 0 fully saturated rings. The van der Waals surface area contributed by atoms with E-state index in [2.05, 4.69) is 0 Å². The molecule has 0 saturated heterocycles. The Morgan fingerprint density at radius 1 is 1.44 bits per heavy atom. The van der Waals surface area contributed by atoms with E-state index in [1.807, 2.05) is 0 Å². The quantitative estimate of drug-likeness (QED) is 0.347. The minimum atomic E-state index is -0.558. The van der Waals surface area contributed by atoms with E-state index in [0.29, 0.717) is 17.1 Å². The Morgan fingerprint density at radius 2 is 2.17 bits per heavy atom. The molecular formula is C12H13NO5. The van der Waals surface area contributed by atoms with Crippen LogP contribution in [0.2, 0.25) is 0 Å². The average Bonchev–Trinajstić information content (AvgIpc) is 2.37. The average molecular weight is 251 g/mol. The van der Waals surface area contributed by atoms with Crippen LogP contribution in [0.15, 0.2) is 24.4 Å². The summed E-state index contributed by atoms with van der Waals surface area (Å²) in [5, 5.41) is 10.2. The maximum atomic E-state index is 11.2. The third kappa shape index (κ3) is 3.89. The molecule has 0 N–H and O–H groups in total. The van der Waals surface area contributed by atoms with Crippen molar-refractivity contribution in [3.05, 3.63) is 40.1 Å². The van der Waals surface area contributed by atoms with Gasteiger partial charge in [0.2, 0.25) is 6.20 Å². The van der Waals surface area contributed by atoms with Crippen molar-refractivity contribution >= 4 is 12.0 Å². The first-order valence-corrected chi connectivity index (χ1v) is 5.27. The molecule has 6 nitrogen and oxygen atoms in total. The standard InChI is InChI=1S/C12H13NO5/c1-3-12(14)18-10-5-4-9(6-7-13(15)16)8-11(10)17-2/h4-8H,3H2,1-2H3/b7-6+. The molecular weight excluding hydrogens is 238 g/mol. The predicted octanol–water partition coefficient (Wildman–Crippen LogP) is 2.26. The lowest BCUT2D eigenvalue weighted by atomic mass is 10.2. The molecule has 96 valence electrons. The molecule has 1 rings (SSSR count). The van der Waals surface area contributed by atoms with Gasteiger partial charge in [-0.2, -0.15) is 0 Å². The lowest BCUT2D eigenvalue weighted by molar-refractivity contribution is -0.400. The molecule has 0 saturated carbocycles. The van der Waals surface area contributed by atoms with Crippen LogP contribution in [0.3, 0.4) is 0 Å². The van der Waals surface area contributed by atoms with Crippen LogP contribution in [-0.4, -0.2) is 18.0 Å². The first-order valence-electron chi connectivity index (χ1n) is 5.27. The van der Waals surface area contributed by atoms with Crippen molar-refractivity contribution in [2.45, 2.75) is 13.3 Å². The molecule has 0 atom stereocenters. The summed E-state index contributed by atoms with van der Waals surface area (Å²) in [4.78, 5) is 20.8. The Kier molecular flexibility index (Phi) is 4.86.